The molecule has 0 aliphatic heterocycles. The number of benzene rings is 1. The Morgan fingerprint density at radius 3 is 2.70 bits per heavy atom. The van der Waals surface area contributed by atoms with Crippen molar-refractivity contribution in [3.63, 3.8) is 0 Å². The van der Waals surface area contributed by atoms with E-state index in [1.165, 1.54) is 6.07 Å². The summed E-state index contributed by atoms with van der Waals surface area (Å²) in [6.45, 7) is 0.250. The van der Waals surface area contributed by atoms with Gasteiger partial charge in [0.1, 0.15) is 0 Å². The number of nitrogens with zero attached hydrogens (tertiary/aromatic N) is 3. The Hall–Kier alpha value is -2.05. The van der Waals surface area contributed by atoms with Gasteiger partial charge in [0.2, 0.25) is 0 Å². The average Bonchev–Trinajstić information content (AvgIpc) is 3.15. The number of hydrogen-bond acceptors (Lipinski definition) is 3. The summed E-state index contributed by atoms with van der Waals surface area (Å²) in [5.41, 5.74) is 6.47. The summed E-state index contributed by atoms with van der Waals surface area (Å²) in [4.78, 5) is 0. The lowest BCUT2D eigenvalue weighted by molar-refractivity contribution is -0.137. The van der Waals surface area contributed by atoms with Crippen LogP contribution in [0.25, 0.3) is 0 Å². The van der Waals surface area contributed by atoms with E-state index in [-0.39, 0.29) is 6.54 Å². The maximum atomic E-state index is 12.7. The standard InChI is InChI=1S/C13H13F3N4/c14-13(15,16)10-3-1-2-8(6-10)7-20-11(9-4-5-9)12(17)18-19-20/h1-3,6,9H,4-5,7,17H2. The molecule has 0 bridgehead atoms. The molecule has 2 aromatic rings. The number of anilines is 1. The molecular weight excluding hydrogens is 269 g/mol. The van der Waals surface area contributed by atoms with Crippen molar-refractivity contribution in [3.8, 4) is 0 Å². The van der Waals surface area contributed by atoms with Crippen LogP contribution >= 0.6 is 0 Å². The molecular formula is C13H13F3N4. The van der Waals surface area contributed by atoms with Crippen LogP contribution in [0.1, 0.15) is 35.6 Å². The van der Waals surface area contributed by atoms with E-state index in [0.29, 0.717) is 17.3 Å². The summed E-state index contributed by atoms with van der Waals surface area (Å²) in [7, 11) is 0. The number of rotatable bonds is 3. The summed E-state index contributed by atoms with van der Waals surface area (Å²) in [5, 5.41) is 7.74. The minimum absolute atomic E-state index is 0.250. The van der Waals surface area contributed by atoms with E-state index >= 15 is 0 Å². The largest absolute Gasteiger partial charge is 0.416 e. The third-order valence-corrected chi connectivity index (χ3v) is 3.35. The van der Waals surface area contributed by atoms with Gasteiger partial charge in [-0.05, 0) is 30.5 Å². The van der Waals surface area contributed by atoms with E-state index < -0.39 is 11.7 Å². The molecule has 0 radical (unpaired) electrons. The Balaban J connectivity index is 1.88. The first-order valence-electron chi connectivity index (χ1n) is 6.30. The Morgan fingerprint density at radius 2 is 2.05 bits per heavy atom. The molecule has 1 aliphatic carbocycles. The zero-order valence-corrected chi connectivity index (χ0v) is 10.6. The van der Waals surface area contributed by atoms with Crippen LogP contribution in [0.3, 0.4) is 0 Å². The van der Waals surface area contributed by atoms with Crippen molar-refractivity contribution < 1.29 is 13.2 Å². The Morgan fingerprint density at radius 1 is 1.30 bits per heavy atom. The van der Waals surface area contributed by atoms with Crippen molar-refractivity contribution in [1.29, 1.82) is 0 Å². The Bertz CT molecular complexity index is 629. The van der Waals surface area contributed by atoms with E-state index in [1.807, 2.05) is 0 Å². The lowest BCUT2D eigenvalue weighted by atomic mass is 10.1. The third-order valence-electron chi connectivity index (χ3n) is 3.35. The minimum Gasteiger partial charge on any atom is -0.381 e. The highest BCUT2D eigenvalue weighted by molar-refractivity contribution is 5.38. The van der Waals surface area contributed by atoms with Crippen LogP contribution in [0.4, 0.5) is 19.0 Å². The Labute approximate surface area is 113 Å². The fourth-order valence-electron chi connectivity index (χ4n) is 2.25. The molecule has 106 valence electrons. The van der Waals surface area contributed by atoms with Crippen LogP contribution in [0, 0.1) is 0 Å². The average molecular weight is 282 g/mol. The van der Waals surface area contributed by atoms with E-state index in [2.05, 4.69) is 10.3 Å². The molecule has 0 unspecified atom stereocenters. The molecule has 4 nitrogen and oxygen atoms in total. The van der Waals surface area contributed by atoms with Crippen LogP contribution in [0.15, 0.2) is 24.3 Å². The van der Waals surface area contributed by atoms with Gasteiger partial charge in [-0.25, -0.2) is 4.68 Å². The summed E-state index contributed by atoms with van der Waals surface area (Å²) < 4.78 is 39.6. The number of halogens is 3. The predicted molar refractivity (Wildman–Crippen MR) is 67.0 cm³/mol. The van der Waals surface area contributed by atoms with Gasteiger partial charge in [-0.1, -0.05) is 17.3 Å². The topological polar surface area (TPSA) is 56.7 Å². The Kier molecular flexibility index (Phi) is 2.92. The van der Waals surface area contributed by atoms with Crippen LogP contribution in [0.5, 0.6) is 0 Å². The molecule has 1 aromatic carbocycles. The molecule has 0 atom stereocenters. The predicted octanol–water partition coefficient (Wildman–Crippen LogP) is 2.80. The first-order valence-corrected chi connectivity index (χ1v) is 6.30. The summed E-state index contributed by atoms with van der Waals surface area (Å²) in [5.74, 6) is 0.718. The molecule has 1 fully saturated rings. The molecule has 7 heteroatoms. The normalized spacial score (nSPS) is 15.6. The summed E-state index contributed by atoms with van der Waals surface area (Å²) in [6.07, 6.45) is -2.28. The van der Waals surface area contributed by atoms with Gasteiger partial charge in [-0.2, -0.15) is 13.2 Å². The van der Waals surface area contributed by atoms with Crippen molar-refractivity contribution >= 4 is 5.82 Å². The monoisotopic (exact) mass is 282 g/mol. The highest BCUT2D eigenvalue weighted by Crippen LogP contribution is 2.42. The van der Waals surface area contributed by atoms with Gasteiger partial charge in [0.05, 0.1) is 17.8 Å². The van der Waals surface area contributed by atoms with Crippen molar-refractivity contribution in [2.24, 2.45) is 0 Å². The summed E-state index contributed by atoms with van der Waals surface area (Å²) >= 11 is 0. The SMILES string of the molecule is Nc1nnn(Cc2cccc(C(F)(F)F)c2)c1C1CC1. The maximum Gasteiger partial charge on any atom is 0.416 e. The van der Waals surface area contributed by atoms with E-state index in [9.17, 15) is 13.2 Å². The molecule has 1 saturated carbocycles. The van der Waals surface area contributed by atoms with Gasteiger partial charge in [-0.15, -0.1) is 5.10 Å². The van der Waals surface area contributed by atoms with Gasteiger partial charge in [0.25, 0.3) is 0 Å². The second-order valence-electron chi connectivity index (χ2n) is 4.99. The number of alkyl halides is 3. The van der Waals surface area contributed by atoms with Crippen molar-refractivity contribution in [2.75, 3.05) is 5.73 Å². The highest BCUT2D eigenvalue weighted by atomic mass is 19.4. The zero-order chi connectivity index (χ0) is 14.3. The second kappa shape index (κ2) is 4.50. The van der Waals surface area contributed by atoms with Gasteiger partial charge in [0, 0.05) is 5.92 Å². The van der Waals surface area contributed by atoms with Crippen molar-refractivity contribution in [2.45, 2.75) is 31.5 Å². The molecule has 1 aromatic heterocycles. The van der Waals surface area contributed by atoms with Gasteiger partial charge >= 0.3 is 6.18 Å². The zero-order valence-electron chi connectivity index (χ0n) is 10.6. The summed E-state index contributed by atoms with van der Waals surface area (Å²) in [6, 6.07) is 5.23. The molecule has 1 heterocycles. The molecule has 3 rings (SSSR count). The van der Waals surface area contributed by atoms with E-state index in [4.69, 9.17) is 5.73 Å². The highest BCUT2D eigenvalue weighted by Gasteiger charge is 2.32. The smallest absolute Gasteiger partial charge is 0.381 e. The molecule has 0 spiro atoms. The molecule has 0 saturated heterocycles. The third kappa shape index (κ3) is 2.48. The fraction of sp³-hybridized carbons (Fsp3) is 0.385. The lowest BCUT2D eigenvalue weighted by Crippen LogP contribution is -2.09. The first-order chi connectivity index (χ1) is 9.45. The van der Waals surface area contributed by atoms with E-state index in [0.717, 1.165) is 30.7 Å². The minimum atomic E-state index is -4.34. The number of nitrogen functional groups attached to an aromatic ring is 1. The number of nitrogens with two attached hydrogens (primary N) is 1. The van der Waals surface area contributed by atoms with Crippen molar-refractivity contribution in [1.82, 2.24) is 15.0 Å². The van der Waals surface area contributed by atoms with Gasteiger partial charge in [0.15, 0.2) is 5.82 Å². The molecule has 1 aliphatic rings. The van der Waals surface area contributed by atoms with E-state index in [1.54, 1.807) is 10.7 Å². The second-order valence-corrected chi connectivity index (χ2v) is 4.99. The maximum absolute atomic E-state index is 12.7. The quantitative estimate of drug-likeness (QED) is 0.941. The molecule has 2 N–H and O–H groups in total. The van der Waals surface area contributed by atoms with Crippen molar-refractivity contribution in [3.05, 3.63) is 41.1 Å². The van der Waals surface area contributed by atoms with Gasteiger partial charge < -0.3 is 5.73 Å². The first kappa shape index (κ1) is 13.0. The lowest BCUT2D eigenvalue weighted by Gasteiger charge is -2.10. The molecule has 20 heavy (non-hydrogen) atoms. The van der Waals surface area contributed by atoms with Crippen LogP contribution in [-0.4, -0.2) is 15.0 Å². The number of aromatic nitrogens is 3. The van der Waals surface area contributed by atoms with Gasteiger partial charge in [-0.3, -0.25) is 0 Å². The number of hydrogen-bond donors (Lipinski definition) is 1. The van der Waals surface area contributed by atoms with Crippen LogP contribution in [-0.2, 0) is 12.7 Å². The van der Waals surface area contributed by atoms with Crippen LogP contribution < -0.4 is 5.73 Å². The van der Waals surface area contributed by atoms with Crippen LogP contribution in [0.2, 0.25) is 0 Å². The fourth-order valence-corrected chi connectivity index (χ4v) is 2.25. The molecule has 0 amide bonds.